The minimum Gasteiger partial charge on any atom is -0.493 e. The molecule has 0 heterocycles. The van der Waals surface area contributed by atoms with Crippen LogP contribution in [0.15, 0.2) is 12.1 Å². The Kier molecular flexibility index (Phi) is 7.77. The molecule has 8 heteroatoms. The number of hydrazine groups is 1. The molecule has 1 aliphatic carbocycles. The minimum absolute atomic E-state index is 0.144. The molecular formula is C18H27N3O4S. The summed E-state index contributed by atoms with van der Waals surface area (Å²) in [5, 5.41) is 3.67. The summed E-state index contributed by atoms with van der Waals surface area (Å²) in [7, 11) is 4.69. The number of hydrogen-bond donors (Lipinski definition) is 3. The van der Waals surface area contributed by atoms with Crippen molar-refractivity contribution in [2.75, 3.05) is 21.3 Å². The minimum atomic E-state index is -0.144. The van der Waals surface area contributed by atoms with Gasteiger partial charge >= 0.3 is 0 Å². The zero-order chi connectivity index (χ0) is 18.9. The standard InChI is InChI=1S/C18H27N3O4S/c1-23-14-10-12(11-15(24-2)17(14)25-3)8-9-16(22)20-21-18(26)19-13-6-4-5-7-13/h10-11,13H,4-9H2,1-3H3,(H,20,22)(H2,19,21,26). The molecule has 0 radical (unpaired) electrons. The van der Waals surface area contributed by atoms with Gasteiger partial charge in [0.1, 0.15) is 0 Å². The molecule has 144 valence electrons. The quantitative estimate of drug-likeness (QED) is 0.493. The number of rotatable bonds is 7. The predicted molar refractivity (Wildman–Crippen MR) is 104 cm³/mol. The van der Waals surface area contributed by atoms with Crippen molar-refractivity contribution in [3.63, 3.8) is 0 Å². The van der Waals surface area contributed by atoms with Crippen molar-refractivity contribution in [3.05, 3.63) is 17.7 Å². The van der Waals surface area contributed by atoms with Crippen LogP contribution in [0.2, 0.25) is 0 Å². The Bertz CT molecular complexity index is 608. The van der Waals surface area contributed by atoms with Gasteiger partial charge < -0.3 is 19.5 Å². The molecule has 3 N–H and O–H groups in total. The van der Waals surface area contributed by atoms with E-state index in [9.17, 15) is 4.79 Å². The van der Waals surface area contributed by atoms with Gasteiger partial charge in [-0.2, -0.15) is 0 Å². The van der Waals surface area contributed by atoms with Gasteiger partial charge in [-0.3, -0.25) is 15.6 Å². The summed E-state index contributed by atoms with van der Waals surface area (Å²) in [6.07, 6.45) is 5.53. The maximum absolute atomic E-state index is 12.0. The fraction of sp³-hybridized carbons (Fsp3) is 0.556. The summed E-state index contributed by atoms with van der Waals surface area (Å²) in [6, 6.07) is 4.09. The largest absolute Gasteiger partial charge is 0.493 e. The Labute approximate surface area is 159 Å². The van der Waals surface area contributed by atoms with Gasteiger partial charge in [-0.1, -0.05) is 12.8 Å². The molecule has 0 aromatic heterocycles. The van der Waals surface area contributed by atoms with Crippen LogP contribution in [0.4, 0.5) is 0 Å². The fourth-order valence-electron chi connectivity index (χ4n) is 3.02. The summed E-state index contributed by atoms with van der Waals surface area (Å²) >= 11 is 5.20. The van der Waals surface area contributed by atoms with E-state index in [-0.39, 0.29) is 5.91 Å². The van der Waals surface area contributed by atoms with Gasteiger partial charge in [0.05, 0.1) is 21.3 Å². The summed E-state index contributed by atoms with van der Waals surface area (Å²) in [4.78, 5) is 12.0. The summed E-state index contributed by atoms with van der Waals surface area (Å²) in [5.74, 6) is 1.53. The lowest BCUT2D eigenvalue weighted by Crippen LogP contribution is -2.49. The zero-order valence-corrected chi connectivity index (χ0v) is 16.3. The molecule has 0 unspecified atom stereocenters. The number of thiocarbonyl (C=S) groups is 1. The molecule has 1 amide bonds. The second kappa shape index (κ2) is 10.1. The highest BCUT2D eigenvalue weighted by molar-refractivity contribution is 7.80. The molecule has 2 rings (SSSR count). The van der Waals surface area contributed by atoms with Crippen LogP contribution in [-0.4, -0.2) is 38.4 Å². The van der Waals surface area contributed by atoms with E-state index in [1.54, 1.807) is 21.3 Å². The number of aryl methyl sites for hydroxylation is 1. The van der Waals surface area contributed by atoms with Crippen LogP contribution in [0.5, 0.6) is 17.2 Å². The Morgan fingerprint density at radius 1 is 1.08 bits per heavy atom. The first-order valence-corrected chi connectivity index (χ1v) is 9.12. The topological polar surface area (TPSA) is 80.9 Å². The van der Waals surface area contributed by atoms with Gasteiger partial charge in [-0.05, 0) is 49.2 Å². The monoisotopic (exact) mass is 381 g/mol. The van der Waals surface area contributed by atoms with Crippen molar-refractivity contribution in [2.45, 2.75) is 44.6 Å². The molecule has 26 heavy (non-hydrogen) atoms. The number of methoxy groups -OCH3 is 3. The van der Waals surface area contributed by atoms with Crippen LogP contribution >= 0.6 is 12.2 Å². The first-order chi connectivity index (χ1) is 12.6. The summed E-state index contributed by atoms with van der Waals surface area (Å²) < 4.78 is 15.9. The highest BCUT2D eigenvalue weighted by Crippen LogP contribution is 2.38. The Morgan fingerprint density at radius 3 is 2.23 bits per heavy atom. The van der Waals surface area contributed by atoms with Crippen LogP contribution in [-0.2, 0) is 11.2 Å². The fourth-order valence-corrected chi connectivity index (χ4v) is 3.24. The molecule has 0 saturated heterocycles. The highest BCUT2D eigenvalue weighted by atomic mass is 32.1. The maximum atomic E-state index is 12.0. The number of carbonyl (C=O) groups excluding carboxylic acids is 1. The number of ether oxygens (including phenoxy) is 3. The van der Waals surface area contributed by atoms with E-state index in [1.165, 1.54) is 12.8 Å². The molecule has 0 aliphatic heterocycles. The van der Waals surface area contributed by atoms with Crippen LogP contribution in [0.3, 0.4) is 0 Å². The van der Waals surface area contributed by atoms with Crippen LogP contribution in [0, 0.1) is 0 Å². The van der Waals surface area contributed by atoms with Crippen LogP contribution in [0.25, 0.3) is 0 Å². The van der Waals surface area contributed by atoms with Crippen molar-refractivity contribution < 1.29 is 19.0 Å². The number of amides is 1. The number of hydrogen-bond acceptors (Lipinski definition) is 5. The molecule has 1 fully saturated rings. The third-order valence-electron chi connectivity index (χ3n) is 4.37. The van der Waals surface area contributed by atoms with Gasteiger partial charge in [0.25, 0.3) is 0 Å². The van der Waals surface area contributed by atoms with E-state index in [1.807, 2.05) is 12.1 Å². The second-order valence-corrected chi connectivity index (χ2v) is 6.57. The molecule has 1 aromatic rings. The molecule has 0 bridgehead atoms. The molecule has 0 spiro atoms. The smallest absolute Gasteiger partial charge is 0.238 e. The lowest BCUT2D eigenvalue weighted by molar-refractivity contribution is -0.121. The first kappa shape index (κ1) is 20.1. The van der Waals surface area contributed by atoms with Crippen molar-refractivity contribution in [1.82, 2.24) is 16.2 Å². The lowest BCUT2D eigenvalue weighted by atomic mass is 10.1. The molecule has 1 saturated carbocycles. The normalized spacial score (nSPS) is 13.8. The number of nitrogens with one attached hydrogen (secondary N) is 3. The molecule has 0 atom stereocenters. The highest BCUT2D eigenvalue weighted by Gasteiger charge is 2.16. The first-order valence-electron chi connectivity index (χ1n) is 8.71. The average Bonchev–Trinajstić information content (AvgIpc) is 3.16. The third-order valence-corrected chi connectivity index (χ3v) is 4.59. The van der Waals surface area contributed by atoms with Crippen molar-refractivity contribution in [3.8, 4) is 17.2 Å². The van der Waals surface area contributed by atoms with Gasteiger partial charge in [-0.15, -0.1) is 0 Å². The van der Waals surface area contributed by atoms with Crippen molar-refractivity contribution in [1.29, 1.82) is 0 Å². The van der Waals surface area contributed by atoms with Gasteiger partial charge in [0, 0.05) is 12.5 Å². The van der Waals surface area contributed by atoms with Crippen LogP contribution < -0.4 is 30.4 Å². The predicted octanol–water partition coefficient (Wildman–Crippen LogP) is 2.08. The van der Waals surface area contributed by atoms with Crippen molar-refractivity contribution >= 4 is 23.2 Å². The average molecular weight is 381 g/mol. The molecule has 1 aromatic carbocycles. The van der Waals surface area contributed by atoms with Gasteiger partial charge in [0.2, 0.25) is 11.7 Å². The van der Waals surface area contributed by atoms with E-state index < -0.39 is 0 Å². The van der Waals surface area contributed by atoms with Gasteiger partial charge in [0.15, 0.2) is 16.6 Å². The van der Waals surface area contributed by atoms with E-state index in [0.29, 0.717) is 41.2 Å². The van der Waals surface area contributed by atoms with E-state index in [0.717, 1.165) is 18.4 Å². The Balaban J connectivity index is 1.81. The van der Waals surface area contributed by atoms with Crippen molar-refractivity contribution in [2.24, 2.45) is 0 Å². The Hall–Kier alpha value is -2.22. The zero-order valence-electron chi connectivity index (χ0n) is 15.5. The van der Waals surface area contributed by atoms with Gasteiger partial charge in [-0.25, -0.2) is 0 Å². The molecule has 1 aliphatic rings. The number of benzene rings is 1. The lowest BCUT2D eigenvalue weighted by Gasteiger charge is -2.16. The number of carbonyl (C=O) groups is 1. The summed E-state index contributed by atoms with van der Waals surface area (Å²) in [6.45, 7) is 0. The summed E-state index contributed by atoms with van der Waals surface area (Å²) in [5.41, 5.74) is 6.30. The Morgan fingerprint density at radius 2 is 1.69 bits per heavy atom. The van der Waals surface area contributed by atoms with Crippen LogP contribution in [0.1, 0.15) is 37.7 Å². The SMILES string of the molecule is COc1cc(CCC(=O)NNC(=S)NC2CCCC2)cc(OC)c1OC. The van der Waals surface area contributed by atoms with E-state index in [4.69, 9.17) is 26.4 Å². The maximum Gasteiger partial charge on any atom is 0.238 e. The second-order valence-electron chi connectivity index (χ2n) is 6.16. The van der Waals surface area contributed by atoms with E-state index >= 15 is 0 Å². The molecular weight excluding hydrogens is 354 g/mol. The third kappa shape index (κ3) is 5.66. The molecule has 7 nitrogen and oxygen atoms in total. The van der Waals surface area contributed by atoms with E-state index in [2.05, 4.69) is 16.2 Å².